The van der Waals surface area contributed by atoms with Gasteiger partial charge in [-0.25, -0.2) is 0 Å². The van der Waals surface area contributed by atoms with E-state index in [2.05, 4.69) is 13.8 Å². The summed E-state index contributed by atoms with van der Waals surface area (Å²) in [5.74, 6) is 3.24. The van der Waals surface area contributed by atoms with E-state index in [0.717, 1.165) is 48.7 Å². The van der Waals surface area contributed by atoms with Crippen LogP contribution < -0.4 is 0 Å². The Balaban J connectivity index is 4.55. The summed E-state index contributed by atoms with van der Waals surface area (Å²) in [7, 11) is 0. The second kappa shape index (κ2) is 23.7. The zero-order valence-electron chi connectivity index (χ0n) is 22.2. The summed E-state index contributed by atoms with van der Waals surface area (Å²) in [6, 6.07) is 0. The summed E-state index contributed by atoms with van der Waals surface area (Å²) in [5.41, 5.74) is 0. The molecule has 0 spiro atoms. The predicted octanol–water partition coefficient (Wildman–Crippen LogP) is 6.68. The van der Waals surface area contributed by atoms with Gasteiger partial charge in [0, 0.05) is 12.8 Å². The average Bonchev–Trinajstić information content (AvgIpc) is 2.81. The van der Waals surface area contributed by atoms with Crippen LogP contribution in [0.25, 0.3) is 0 Å². The summed E-state index contributed by atoms with van der Waals surface area (Å²) in [6.45, 7) is 15.5. The van der Waals surface area contributed by atoms with E-state index in [-0.39, 0.29) is 13.6 Å². The summed E-state index contributed by atoms with van der Waals surface area (Å²) in [4.78, 5) is 0. The van der Waals surface area contributed by atoms with Gasteiger partial charge in [-0.3, -0.25) is 0 Å². The van der Waals surface area contributed by atoms with Crippen LogP contribution in [0, 0.1) is 0 Å². The Morgan fingerprint density at radius 3 is 1.12 bits per heavy atom. The van der Waals surface area contributed by atoms with Crippen molar-refractivity contribution in [2.75, 3.05) is 53.2 Å². The van der Waals surface area contributed by atoms with Crippen molar-refractivity contribution in [3.63, 3.8) is 0 Å². The Kier molecular flexibility index (Phi) is 22.7. The minimum absolute atomic E-state index is 0.105. The molecule has 7 nitrogen and oxygen atoms in total. The number of hydrogen-bond acceptors (Lipinski definition) is 7. The molecule has 0 aromatic heterocycles. The van der Waals surface area contributed by atoms with Gasteiger partial charge in [-0.1, -0.05) is 39.5 Å². The molecular formula is C26H50O7. The zero-order valence-corrected chi connectivity index (χ0v) is 22.2. The standard InChI is InChI=1S/C26H50O7/c1-7-13-15-17-23(30-9-3)25(32-11-5)19-27-21-29-22-28-20-26(33-12-6)24(31-10-4)18-16-14-8-2/h7-22H2,1-6H3. The van der Waals surface area contributed by atoms with Gasteiger partial charge in [0.1, 0.15) is 38.3 Å². The largest absolute Gasteiger partial charge is 0.495 e. The highest BCUT2D eigenvalue weighted by atomic mass is 16.7. The molecule has 0 fully saturated rings. The maximum atomic E-state index is 5.80. The van der Waals surface area contributed by atoms with Crippen LogP contribution in [-0.2, 0) is 33.2 Å². The number of hydrogen-bond donors (Lipinski definition) is 0. The summed E-state index contributed by atoms with van der Waals surface area (Å²) >= 11 is 0. The normalized spacial score (nSPS) is 12.8. The molecule has 0 saturated carbocycles. The Morgan fingerprint density at radius 2 is 0.788 bits per heavy atom. The Morgan fingerprint density at radius 1 is 0.424 bits per heavy atom. The van der Waals surface area contributed by atoms with E-state index >= 15 is 0 Å². The van der Waals surface area contributed by atoms with E-state index in [1.165, 1.54) is 25.7 Å². The van der Waals surface area contributed by atoms with Crippen LogP contribution in [0.3, 0.4) is 0 Å². The lowest BCUT2D eigenvalue weighted by Gasteiger charge is -2.17. The summed E-state index contributed by atoms with van der Waals surface area (Å²) in [5, 5.41) is 0. The van der Waals surface area contributed by atoms with Gasteiger partial charge in [0.05, 0.1) is 26.4 Å². The van der Waals surface area contributed by atoms with Crippen molar-refractivity contribution in [3.05, 3.63) is 23.0 Å². The lowest BCUT2D eigenvalue weighted by Crippen LogP contribution is -2.13. The molecule has 0 rings (SSSR count). The van der Waals surface area contributed by atoms with E-state index in [4.69, 9.17) is 33.2 Å². The second-order valence-corrected chi connectivity index (χ2v) is 7.48. The smallest absolute Gasteiger partial charge is 0.159 e. The van der Waals surface area contributed by atoms with E-state index in [1.807, 2.05) is 27.7 Å². The van der Waals surface area contributed by atoms with Crippen LogP contribution in [0.1, 0.15) is 92.9 Å². The van der Waals surface area contributed by atoms with Gasteiger partial charge in [-0.15, -0.1) is 0 Å². The van der Waals surface area contributed by atoms with Crippen LogP contribution in [0.5, 0.6) is 0 Å². The molecule has 0 saturated heterocycles. The monoisotopic (exact) mass is 474 g/mol. The van der Waals surface area contributed by atoms with Crippen molar-refractivity contribution in [1.82, 2.24) is 0 Å². The molecule has 0 aliphatic carbocycles. The molecule has 0 heterocycles. The van der Waals surface area contributed by atoms with E-state index in [0.29, 0.717) is 39.6 Å². The van der Waals surface area contributed by atoms with Crippen molar-refractivity contribution in [1.29, 1.82) is 0 Å². The lowest BCUT2D eigenvalue weighted by molar-refractivity contribution is -0.131. The van der Waals surface area contributed by atoms with Gasteiger partial charge in [0.2, 0.25) is 0 Å². The first kappa shape index (κ1) is 31.6. The Labute approximate surface area is 202 Å². The Hall–Kier alpha value is -1.44. The van der Waals surface area contributed by atoms with Crippen LogP contribution in [-0.4, -0.2) is 53.2 Å². The van der Waals surface area contributed by atoms with Gasteiger partial charge >= 0.3 is 0 Å². The maximum Gasteiger partial charge on any atom is 0.159 e. The highest BCUT2D eigenvalue weighted by Crippen LogP contribution is 2.18. The molecule has 0 radical (unpaired) electrons. The maximum absolute atomic E-state index is 5.80. The van der Waals surface area contributed by atoms with Crippen molar-refractivity contribution in [2.45, 2.75) is 92.9 Å². The quantitative estimate of drug-likeness (QED) is 0.0878. The number of unbranched alkanes of at least 4 members (excludes halogenated alkanes) is 4. The summed E-state index contributed by atoms with van der Waals surface area (Å²) < 4.78 is 39.9. The van der Waals surface area contributed by atoms with Gasteiger partial charge in [-0.2, -0.15) is 0 Å². The third-order valence-electron chi connectivity index (χ3n) is 4.71. The predicted molar refractivity (Wildman–Crippen MR) is 132 cm³/mol. The molecule has 33 heavy (non-hydrogen) atoms. The molecule has 0 unspecified atom stereocenters. The fourth-order valence-electron chi connectivity index (χ4n) is 3.18. The molecular weight excluding hydrogens is 424 g/mol. The first-order chi connectivity index (χ1) is 16.2. The molecule has 196 valence electrons. The van der Waals surface area contributed by atoms with Crippen molar-refractivity contribution < 1.29 is 33.2 Å². The Bertz CT molecular complexity index is 459. The third kappa shape index (κ3) is 16.8. The molecule has 0 aromatic carbocycles. The van der Waals surface area contributed by atoms with E-state index < -0.39 is 0 Å². The van der Waals surface area contributed by atoms with Gasteiger partial charge < -0.3 is 33.2 Å². The van der Waals surface area contributed by atoms with Crippen molar-refractivity contribution in [3.8, 4) is 0 Å². The van der Waals surface area contributed by atoms with Crippen LogP contribution in [0.2, 0.25) is 0 Å². The zero-order chi connectivity index (χ0) is 24.6. The van der Waals surface area contributed by atoms with Gasteiger partial charge in [0.25, 0.3) is 0 Å². The molecule has 0 aliphatic heterocycles. The molecule has 0 amide bonds. The number of ether oxygens (including phenoxy) is 7. The molecule has 0 bridgehead atoms. The van der Waals surface area contributed by atoms with Crippen LogP contribution in [0.15, 0.2) is 23.0 Å². The molecule has 0 aromatic rings. The first-order valence-electron chi connectivity index (χ1n) is 12.9. The first-order valence-corrected chi connectivity index (χ1v) is 12.9. The third-order valence-corrected chi connectivity index (χ3v) is 4.71. The van der Waals surface area contributed by atoms with Crippen LogP contribution >= 0.6 is 0 Å². The summed E-state index contributed by atoms with van der Waals surface area (Å²) in [6.07, 6.45) is 8.53. The number of allylic oxidation sites excluding steroid dienone is 2. The SMILES string of the molecule is CCCCCC(OCC)=C(COCOCOCC(OCC)=C(CCCCC)OCC)OCC. The minimum Gasteiger partial charge on any atom is -0.495 e. The van der Waals surface area contributed by atoms with Gasteiger partial charge in [0.15, 0.2) is 11.5 Å². The fraction of sp³-hybridized carbons (Fsp3) is 0.846. The average molecular weight is 475 g/mol. The van der Waals surface area contributed by atoms with E-state index in [9.17, 15) is 0 Å². The van der Waals surface area contributed by atoms with E-state index in [1.54, 1.807) is 0 Å². The topological polar surface area (TPSA) is 64.6 Å². The lowest BCUT2D eigenvalue weighted by atomic mass is 10.1. The molecule has 0 atom stereocenters. The fourth-order valence-corrected chi connectivity index (χ4v) is 3.18. The van der Waals surface area contributed by atoms with Crippen molar-refractivity contribution in [2.24, 2.45) is 0 Å². The number of rotatable bonds is 24. The van der Waals surface area contributed by atoms with Crippen LogP contribution in [0.4, 0.5) is 0 Å². The van der Waals surface area contributed by atoms with Crippen molar-refractivity contribution >= 4 is 0 Å². The second-order valence-electron chi connectivity index (χ2n) is 7.48. The van der Waals surface area contributed by atoms with Gasteiger partial charge in [-0.05, 0) is 40.5 Å². The highest BCUT2D eigenvalue weighted by molar-refractivity contribution is 5.03. The molecule has 0 aliphatic rings. The molecule has 7 heteroatoms. The molecule has 0 N–H and O–H groups in total. The minimum atomic E-state index is 0.105. The highest BCUT2D eigenvalue weighted by Gasteiger charge is 2.12.